The molecule has 5 nitrogen and oxygen atoms in total. The van der Waals surface area contributed by atoms with E-state index in [1.165, 1.54) is 43.2 Å². The molecule has 2 aliphatic rings. The van der Waals surface area contributed by atoms with Gasteiger partial charge in [-0.25, -0.2) is 4.68 Å². The van der Waals surface area contributed by atoms with Crippen molar-refractivity contribution < 1.29 is 4.74 Å². The zero-order valence-electron chi connectivity index (χ0n) is 17.4. The monoisotopic (exact) mass is 382 g/mol. The van der Waals surface area contributed by atoms with Gasteiger partial charge in [0.05, 0.1) is 25.1 Å². The van der Waals surface area contributed by atoms with Gasteiger partial charge in [-0.1, -0.05) is 37.5 Å². The molecule has 1 aliphatic heterocycles. The van der Waals surface area contributed by atoms with Gasteiger partial charge in [0.1, 0.15) is 0 Å². The molecule has 0 N–H and O–H groups in total. The van der Waals surface area contributed by atoms with Gasteiger partial charge < -0.3 is 9.64 Å². The molecule has 0 unspecified atom stereocenters. The van der Waals surface area contributed by atoms with Crippen LogP contribution in [0.5, 0.6) is 0 Å². The first-order chi connectivity index (χ1) is 13.7. The minimum absolute atomic E-state index is 0.322. The van der Waals surface area contributed by atoms with Crippen LogP contribution in [-0.4, -0.2) is 65.0 Å². The van der Waals surface area contributed by atoms with Crippen molar-refractivity contribution >= 4 is 0 Å². The molecule has 0 spiro atoms. The minimum atomic E-state index is 0.322. The second-order valence-electron chi connectivity index (χ2n) is 8.64. The number of nitrogens with zero attached hydrogens (tertiary/aromatic N) is 4. The van der Waals surface area contributed by atoms with Crippen LogP contribution in [0.3, 0.4) is 0 Å². The van der Waals surface area contributed by atoms with Crippen molar-refractivity contribution in [2.24, 2.45) is 0 Å². The molecule has 1 aromatic carbocycles. The molecule has 1 aromatic heterocycles. The summed E-state index contributed by atoms with van der Waals surface area (Å²) >= 11 is 0. The molecule has 1 aliphatic carbocycles. The van der Waals surface area contributed by atoms with E-state index in [1.54, 1.807) is 0 Å². The van der Waals surface area contributed by atoms with Crippen LogP contribution in [-0.2, 0) is 11.3 Å². The number of rotatable bonds is 6. The van der Waals surface area contributed by atoms with E-state index in [0.717, 1.165) is 45.1 Å². The van der Waals surface area contributed by atoms with Gasteiger partial charge in [-0.15, -0.1) is 0 Å². The van der Waals surface area contributed by atoms with Crippen molar-refractivity contribution in [2.45, 2.75) is 51.1 Å². The number of aryl methyl sites for hydroxylation is 1. The van der Waals surface area contributed by atoms with E-state index < -0.39 is 0 Å². The third-order valence-electron chi connectivity index (χ3n) is 6.48. The van der Waals surface area contributed by atoms with E-state index >= 15 is 0 Å². The lowest BCUT2D eigenvalue weighted by Crippen LogP contribution is -2.59. The molecule has 0 bridgehead atoms. The third-order valence-corrected chi connectivity index (χ3v) is 6.48. The topological polar surface area (TPSA) is 33.5 Å². The van der Waals surface area contributed by atoms with Gasteiger partial charge in [0.25, 0.3) is 0 Å². The fraction of sp³-hybridized carbons (Fsp3) is 0.609. The summed E-state index contributed by atoms with van der Waals surface area (Å²) in [5, 5.41) is 4.62. The maximum atomic E-state index is 5.62. The lowest BCUT2D eigenvalue weighted by atomic mass is 9.79. The Balaban J connectivity index is 1.44. The Kier molecular flexibility index (Phi) is 6.14. The van der Waals surface area contributed by atoms with Gasteiger partial charge in [-0.3, -0.25) is 4.90 Å². The van der Waals surface area contributed by atoms with Crippen molar-refractivity contribution in [3.8, 4) is 5.69 Å². The average molecular weight is 383 g/mol. The Labute approximate surface area is 169 Å². The largest absolute Gasteiger partial charge is 0.379 e. The fourth-order valence-electron chi connectivity index (χ4n) is 5.09. The smallest absolute Gasteiger partial charge is 0.0674 e. The SMILES string of the molecule is Cc1ccccc1-n1cc(CN(C)CC2(N3CCOCC3)CCCCC2)cn1. The highest BCUT2D eigenvalue weighted by Gasteiger charge is 2.39. The van der Waals surface area contributed by atoms with Gasteiger partial charge >= 0.3 is 0 Å². The maximum Gasteiger partial charge on any atom is 0.0674 e. The summed E-state index contributed by atoms with van der Waals surface area (Å²) in [6.07, 6.45) is 10.9. The van der Waals surface area contributed by atoms with Crippen LogP contribution in [0, 0.1) is 6.92 Å². The van der Waals surface area contributed by atoms with Crippen LogP contribution < -0.4 is 0 Å². The molecular weight excluding hydrogens is 348 g/mol. The third kappa shape index (κ3) is 4.32. The number of likely N-dealkylation sites (N-methyl/N-ethyl adjacent to an activating group) is 1. The Bertz CT molecular complexity index is 759. The first-order valence-electron chi connectivity index (χ1n) is 10.8. The molecule has 28 heavy (non-hydrogen) atoms. The second kappa shape index (κ2) is 8.76. The summed E-state index contributed by atoms with van der Waals surface area (Å²) in [6, 6.07) is 8.42. The van der Waals surface area contributed by atoms with Crippen LogP contribution in [0.4, 0.5) is 0 Å². The normalized spacial score (nSPS) is 20.5. The molecular formula is C23H34N4O. The molecule has 0 atom stereocenters. The first-order valence-corrected chi connectivity index (χ1v) is 10.8. The van der Waals surface area contributed by atoms with Gasteiger partial charge in [-0.2, -0.15) is 5.10 Å². The lowest BCUT2D eigenvalue weighted by Gasteiger charge is -2.49. The molecule has 152 valence electrons. The van der Waals surface area contributed by atoms with Crippen LogP contribution in [0.15, 0.2) is 36.7 Å². The lowest BCUT2D eigenvalue weighted by molar-refractivity contribution is -0.0491. The van der Waals surface area contributed by atoms with Crippen LogP contribution in [0.2, 0.25) is 0 Å². The van der Waals surface area contributed by atoms with E-state index in [2.05, 4.69) is 59.3 Å². The molecule has 1 saturated carbocycles. The zero-order valence-corrected chi connectivity index (χ0v) is 17.4. The van der Waals surface area contributed by atoms with Crippen LogP contribution >= 0.6 is 0 Å². The number of morpholine rings is 1. The van der Waals surface area contributed by atoms with Gasteiger partial charge in [-0.05, 0) is 38.4 Å². The van der Waals surface area contributed by atoms with E-state index in [4.69, 9.17) is 4.74 Å². The molecule has 5 heteroatoms. The molecule has 2 heterocycles. The minimum Gasteiger partial charge on any atom is -0.379 e. The predicted molar refractivity (Wildman–Crippen MR) is 113 cm³/mol. The van der Waals surface area contributed by atoms with Crippen molar-refractivity contribution in [2.75, 3.05) is 39.9 Å². The van der Waals surface area contributed by atoms with E-state index in [-0.39, 0.29) is 0 Å². The summed E-state index contributed by atoms with van der Waals surface area (Å²) in [4.78, 5) is 5.23. The Morgan fingerprint density at radius 1 is 1.11 bits per heavy atom. The Hall–Kier alpha value is -1.69. The molecule has 2 aromatic rings. The van der Waals surface area contributed by atoms with E-state index in [9.17, 15) is 0 Å². The molecule has 2 fully saturated rings. The quantitative estimate of drug-likeness (QED) is 0.764. The van der Waals surface area contributed by atoms with Crippen LogP contribution in [0.1, 0.15) is 43.2 Å². The Morgan fingerprint density at radius 3 is 2.61 bits per heavy atom. The Morgan fingerprint density at radius 2 is 1.86 bits per heavy atom. The summed E-state index contributed by atoms with van der Waals surface area (Å²) in [5.74, 6) is 0. The fourth-order valence-corrected chi connectivity index (χ4v) is 5.09. The van der Waals surface area contributed by atoms with Crippen LogP contribution in [0.25, 0.3) is 5.69 Å². The number of aromatic nitrogens is 2. The highest BCUT2D eigenvalue weighted by Crippen LogP contribution is 2.35. The summed E-state index contributed by atoms with van der Waals surface area (Å²) in [6.45, 7) is 8.14. The number of ether oxygens (including phenoxy) is 1. The highest BCUT2D eigenvalue weighted by atomic mass is 16.5. The van der Waals surface area contributed by atoms with E-state index in [0.29, 0.717) is 5.54 Å². The maximum absolute atomic E-state index is 5.62. The van der Waals surface area contributed by atoms with Gasteiger partial charge in [0.15, 0.2) is 0 Å². The number of benzene rings is 1. The van der Waals surface area contributed by atoms with Gasteiger partial charge in [0.2, 0.25) is 0 Å². The number of hydrogen-bond acceptors (Lipinski definition) is 4. The number of para-hydroxylation sites is 1. The van der Waals surface area contributed by atoms with Crippen molar-refractivity contribution in [3.63, 3.8) is 0 Å². The standard InChI is InChI=1S/C23H34N4O/c1-20-8-4-5-9-22(20)27-18-21(16-24-27)17-25(2)19-23(10-6-3-7-11-23)26-12-14-28-15-13-26/h4-5,8-9,16,18H,3,6-7,10-15,17,19H2,1-2H3. The molecule has 0 radical (unpaired) electrons. The second-order valence-corrected chi connectivity index (χ2v) is 8.64. The average Bonchev–Trinajstić information content (AvgIpc) is 3.17. The van der Waals surface area contributed by atoms with Crippen molar-refractivity contribution in [3.05, 3.63) is 47.8 Å². The van der Waals surface area contributed by atoms with Crippen molar-refractivity contribution in [1.82, 2.24) is 19.6 Å². The van der Waals surface area contributed by atoms with Gasteiger partial charge in [0, 0.05) is 43.5 Å². The highest BCUT2D eigenvalue weighted by molar-refractivity contribution is 5.39. The summed E-state index contributed by atoms with van der Waals surface area (Å²) in [5.41, 5.74) is 4.01. The molecule has 4 rings (SSSR count). The van der Waals surface area contributed by atoms with Crippen molar-refractivity contribution in [1.29, 1.82) is 0 Å². The number of hydrogen-bond donors (Lipinski definition) is 0. The predicted octanol–water partition coefficient (Wildman–Crippen LogP) is 3.65. The zero-order chi connectivity index (χ0) is 19.4. The van der Waals surface area contributed by atoms with E-state index in [1.807, 2.05) is 10.9 Å². The molecule has 1 saturated heterocycles. The summed E-state index contributed by atoms with van der Waals surface area (Å²) < 4.78 is 7.64. The summed E-state index contributed by atoms with van der Waals surface area (Å²) in [7, 11) is 2.27. The molecule has 0 amide bonds. The first kappa shape index (κ1) is 19.6.